The van der Waals surface area contributed by atoms with E-state index in [9.17, 15) is 4.79 Å². The lowest BCUT2D eigenvalue weighted by molar-refractivity contribution is 0.855. The Bertz CT molecular complexity index is 575. The molecule has 0 aliphatic carbocycles. The average molecular weight is 259 g/mol. The highest BCUT2D eigenvalue weighted by molar-refractivity contribution is 6.42. The predicted molar refractivity (Wildman–Crippen MR) is 62.3 cm³/mol. The van der Waals surface area contributed by atoms with Gasteiger partial charge in [0, 0.05) is 6.42 Å². The molecule has 1 aromatic heterocycles. The van der Waals surface area contributed by atoms with Gasteiger partial charge in [-0.15, -0.1) is 0 Å². The summed E-state index contributed by atoms with van der Waals surface area (Å²) in [4.78, 5) is 11.0. The van der Waals surface area contributed by atoms with Gasteiger partial charge in [0.2, 0.25) is 0 Å². The highest BCUT2D eigenvalue weighted by atomic mass is 35.5. The van der Waals surface area contributed by atoms with Gasteiger partial charge in [-0.2, -0.15) is 9.77 Å². The lowest BCUT2D eigenvalue weighted by Gasteiger charge is -2.02. The van der Waals surface area contributed by atoms with Gasteiger partial charge in [-0.3, -0.25) is 0 Å². The summed E-state index contributed by atoms with van der Waals surface area (Å²) in [6.07, 6.45) is 0.409. The smallest absolute Gasteiger partial charge is 0.333 e. The maximum absolute atomic E-state index is 11.0. The van der Waals surface area contributed by atoms with Crippen molar-refractivity contribution in [3.63, 3.8) is 0 Å². The van der Waals surface area contributed by atoms with Gasteiger partial charge < -0.3 is 5.84 Å². The maximum Gasteiger partial charge on any atom is 0.361 e. The molecule has 5 nitrogen and oxygen atoms in total. The average Bonchev–Trinajstić information content (AvgIpc) is 2.55. The van der Waals surface area contributed by atoms with Gasteiger partial charge in [-0.25, -0.2) is 9.89 Å². The van der Waals surface area contributed by atoms with Gasteiger partial charge in [0.1, 0.15) is 0 Å². The van der Waals surface area contributed by atoms with Crippen LogP contribution in [0, 0.1) is 0 Å². The third-order valence-corrected chi connectivity index (χ3v) is 2.86. The Kier molecular flexibility index (Phi) is 2.89. The monoisotopic (exact) mass is 258 g/mol. The van der Waals surface area contributed by atoms with Gasteiger partial charge in [0.15, 0.2) is 5.82 Å². The number of nitrogens with two attached hydrogens (primary N) is 1. The van der Waals surface area contributed by atoms with Gasteiger partial charge in [-0.05, 0) is 17.7 Å². The molecule has 0 radical (unpaired) electrons. The van der Waals surface area contributed by atoms with E-state index < -0.39 is 5.69 Å². The predicted octanol–water partition coefficient (Wildman–Crippen LogP) is 1.18. The molecule has 1 heterocycles. The number of hydrogen-bond acceptors (Lipinski definition) is 3. The molecule has 3 N–H and O–H groups in total. The minimum Gasteiger partial charge on any atom is -0.333 e. The van der Waals surface area contributed by atoms with Crippen LogP contribution in [0.2, 0.25) is 10.0 Å². The van der Waals surface area contributed by atoms with Gasteiger partial charge in [0.05, 0.1) is 10.0 Å². The Labute approximate surface area is 101 Å². The molecule has 84 valence electrons. The van der Waals surface area contributed by atoms with Crippen LogP contribution < -0.4 is 11.5 Å². The minimum absolute atomic E-state index is 0.409. The van der Waals surface area contributed by atoms with Crippen molar-refractivity contribution in [1.29, 1.82) is 0 Å². The van der Waals surface area contributed by atoms with E-state index in [0.29, 0.717) is 22.3 Å². The molecule has 2 rings (SSSR count). The number of nitrogens with one attached hydrogen (secondary N) is 1. The molecule has 0 aliphatic rings. The minimum atomic E-state index is -0.449. The zero-order valence-corrected chi connectivity index (χ0v) is 9.59. The van der Waals surface area contributed by atoms with Crippen LogP contribution in [-0.2, 0) is 6.42 Å². The van der Waals surface area contributed by atoms with E-state index in [2.05, 4.69) is 10.2 Å². The Morgan fingerprint density at radius 3 is 2.69 bits per heavy atom. The van der Waals surface area contributed by atoms with Crippen molar-refractivity contribution in [2.45, 2.75) is 6.42 Å². The summed E-state index contributed by atoms with van der Waals surface area (Å²) in [5.41, 5.74) is 0.426. The van der Waals surface area contributed by atoms with E-state index in [1.165, 1.54) is 0 Å². The molecule has 1 aromatic carbocycles. The second-order valence-electron chi connectivity index (χ2n) is 3.24. The lowest BCUT2D eigenvalue weighted by atomic mass is 10.1. The fraction of sp³-hybridized carbons (Fsp3) is 0.111. The van der Waals surface area contributed by atoms with E-state index >= 15 is 0 Å². The zero-order valence-electron chi connectivity index (χ0n) is 8.08. The van der Waals surface area contributed by atoms with Crippen molar-refractivity contribution in [1.82, 2.24) is 14.9 Å². The summed E-state index contributed by atoms with van der Waals surface area (Å²) >= 11 is 11.7. The number of aromatic amines is 1. The van der Waals surface area contributed by atoms with Crippen molar-refractivity contribution in [2.24, 2.45) is 0 Å². The molecule has 0 bridgehead atoms. The Balaban J connectivity index is 2.31. The Morgan fingerprint density at radius 2 is 2.12 bits per heavy atom. The van der Waals surface area contributed by atoms with Crippen molar-refractivity contribution in [2.75, 3.05) is 5.84 Å². The third-order valence-electron chi connectivity index (χ3n) is 2.12. The fourth-order valence-corrected chi connectivity index (χ4v) is 1.61. The molecule has 0 atom stereocenters. The quantitative estimate of drug-likeness (QED) is 0.795. The van der Waals surface area contributed by atoms with Crippen LogP contribution in [-0.4, -0.2) is 14.9 Å². The van der Waals surface area contributed by atoms with E-state index in [-0.39, 0.29) is 0 Å². The number of aromatic nitrogens is 3. The normalized spacial score (nSPS) is 10.6. The fourth-order valence-electron chi connectivity index (χ4n) is 1.29. The lowest BCUT2D eigenvalue weighted by Crippen LogP contribution is -2.26. The number of rotatable bonds is 2. The SMILES string of the molecule is Nn1c(Cc2ccc(Cl)c(Cl)c2)n[nH]c1=O. The van der Waals surface area contributed by atoms with Crippen molar-refractivity contribution in [3.8, 4) is 0 Å². The summed E-state index contributed by atoms with van der Waals surface area (Å²) in [5, 5.41) is 6.99. The van der Waals surface area contributed by atoms with Gasteiger partial charge >= 0.3 is 5.69 Å². The zero-order chi connectivity index (χ0) is 11.7. The van der Waals surface area contributed by atoms with E-state index in [1.54, 1.807) is 18.2 Å². The summed E-state index contributed by atoms with van der Waals surface area (Å²) in [6.45, 7) is 0. The summed E-state index contributed by atoms with van der Waals surface area (Å²) in [7, 11) is 0. The number of hydrogen-bond donors (Lipinski definition) is 2. The first kappa shape index (κ1) is 11.0. The van der Waals surface area contributed by atoms with Crippen LogP contribution in [0.15, 0.2) is 23.0 Å². The first-order valence-electron chi connectivity index (χ1n) is 4.43. The topological polar surface area (TPSA) is 76.7 Å². The molecule has 0 saturated heterocycles. The first-order valence-corrected chi connectivity index (χ1v) is 5.19. The van der Waals surface area contributed by atoms with E-state index in [1.807, 2.05) is 0 Å². The molecule has 0 amide bonds. The first-order chi connectivity index (χ1) is 7.58. The molecule has 2 aromatic rings. The number of H-pyrrole nitrogens is 1. The van der Waals surface area contributed by atoms with Crippen LogP contribution in [0.3, 0.4) is 0 Å². The van der Waals surface area contributed by atoms with Crippen molar-refractivity contribution in [3.05, 3.63) is 50.1 Å². The van der Waals surface area contributed by atoms with Gasteiger partial charge in [-0.1, -0.05) is 29.3 Å². The van der Waals surface area contributed by atoms with Crippen LogP contribution in [0.5, 0.6) is 0 Å². The molecule has 0 spiro atoms. The highest BCUT2D eigenvalue weighted by Gasteiger charge is 2.07. The Morgan fingerprint density at radius 1 is 1.38 bits per heavy atom. The van der Waals surface area contributed by atoms with Crippen LogP contribution >= 0.6 is 23.2 Å². The molecular weight excluding hydrogens is 251 g/mol. The van der Waals surface area contributed by atoms with Crippen molar-refractivity contribution >= 4 is 23.2 Å². The number of halogens is 2. The van der Waals surface area contributed by atoms with Crippen molar-refractivity contribution < 1.29 is 0 Å². The molecule has 7 heteroatoms. The van der Waals surface area contributed by atoms with E-state index in [4.69, 9.17) is 29.0 Å². The summed E-state index contributed by atoms with van der Waals surface area (Å²) in [6, 6.07) is 5.20. The molecule has 0 unspecified atom stereocenters. The highest BCUT2D eigenvalue weighted by Crippen LogP contribution is 2.23. The molecule has 0 aliphatic heterocycles. The maximum atomic E-state index is 11.0. The Hall–Kier alpha value is -1.46. The number of nitrogens with zero attached hydrogens (tertiary/aromatic N) is 2. The van der Waals surface area contributed by atoms with Crippen LogP contribution in [0.1, 0.15) is 11.4 Å². The van der Waals surface area contributed by atoms with Crippen LogP contribution in [0.25, 0.3) is 0 Å². The van der Waals surface area contributed by atoms with Crippen LogP contribution in [0.4, 0.5) is 0 Å². The second kappa shape index (κ2) is 4.19. The summed E-state index contributed by atoms with van der Waals surface area (Å²) in [5.74, 6) is 5.90. The number of benzene rings is 1. The summed E-state index contributed by atoms with van der Waals surface area (Å²) < 4.78 is 0.961. The molecular formula is C9H8Cl2N4O. The second-order valence-corrected chi connectivity index (χ2v) is 4.05. The molecule has 16 heavy (non-hydrogen) atoms. The third kappa shape index (κ3) is 2.05. The number of nitrogen functional groups attached to an aromatic ring is 1. The standard InChI is InChI=1S/C9H8Cl2N4O/c10-6-2-1-5(3-7(6)11)4-8-13-14-9(16)15(8)12/h1-3H,4,12H2,(H,14,16). The van der Waals surface area contributed by atoms with E-state index in [0.717, 1.165) is 10.2 Å². The molecule has 0 fully saturated rings. The molecule has 0 saturated carbocycles. The van der Waals surface area contributed by atoms with Gasteiger partial charge in [0.25, 0.3) is 0 Å². The largest absolute Gasteiger partial charge is 0.361 e.